The smallest absolute Gasteiger partial charge is 0.271 e. The van der Waals surface area contributed by atoms with Gasteiger partial charge in [-0.05, 0) is 61.7 Å². The predicted octanol–water partition coefficient (Wildman–Crippen LogP) is 3.02. The lowest BCUT2D eigenvalue weighted by Crippen LogP contribution is -2.35. The number of ether oxygens (including phenoxy) is 1. The van der Waals surface area contributed by atoms with E-state index in [1.807, 2.05) is 0 Å². The van der Waals surface area contributed by atoms with Crippen LogP contribution < -0.4 is 10.2 Å². The Kier molecular flexibility index (Phi) is 6.66. The summed E-state index contributed by atoms with van der Waals surface area (Å²) in [4.78, 5) is 12.5. The zero-order valence-electron chi connectivity index (χ0n) is 16.6. The second-order valence-electron chi connectivity index (χ2n) is 6.86. The molecule has 0 atom stereocenters. The Labute approximate surface area is 171 Å². The van der Waals surface area contributed by atoms with Gasteiger partial charge in [0.2, 0.25) is 10.0 Å². The molecule has 2 aromatic rings. The molecule has 0 aliphatic carbocycles. The van der Waals surface area contributed by atoms with Gasteiger partial charge in [0, 0.05) is 18.7 Å². The largest absolute Gasteiger partial charge is 0.497 e. The lowest BCUT2D eigenvalue weighted by molar-refractivity contribution is 0.0955. The van der Waals surface area contributed by atoms with Crippen molar-refractivity contribution in [3.63, 3.8) is 0 Å². The number of sulfonamides is 1. The van der Waals surface area contributed by atoms with E-state index in [2.05, 4.69) is 10.5 Å². The summed E-state index contributed by atoms with van der Waals surface area (Å²) in [5, 5.41) is 4.12. The fraction of sp³-hybridized carbons (Fsp3) is 0.333. The Bertz CT molecular complexity index is 978. The van der Waals surface area contributed by atoms with Crippen molar-refractivity contribution in [1.29, 1.82) is 0 Å². The first-order chi connectivity index (χ1) is 13.9. The van der Waals surface area contributed by atoms with Gasteiger partial charge in [-0.15, -0.1) is 0 Å². The molecular weight excluding hydrogens is 390 g/mol. The number of piperidine rings is 1. The Morgan fingerprint density at radius 3 is 2.14 bits per heavy atom. The number of amides is 1. The first-order valence-corrected chi connectivity index (χ1v) is 10.9. The minimum atomic E-state index is -3.46. The molecule has 1 aliphatic heterocycles. The highest BCUT2D eigenvalue weighted by molar-refractivity contribution is 7.89. The van der Waals surface area contributed by atoms with E-state index in [0.29, 0.717) is 30.1 Å². The van der Waals surface area contributed by atoms with Crippen molar-refractivity contribution in [3.05, 3.63) is 59.7 Å². The molecule has 29 heavy (non-hydrogen) atoms. The zero-order valence-corrected chi connectivity index (χ0v) is 17.4. The molecule has 1 amide bonds. The van der Waals surface area contributed by atoms with Crippen LogP contribution in [0.2, 0.25) is 0 Å². The lowest BCUT2D eigenvalue weighted by Gasteiger charge is -2.25. The summed E-state index contributed by atoms with van der Waals surface area (Å²) in [5.74, 6) is 0.331. The topological polar surface area (TPSA) is 88.1 Å². The second kappa shape index (κ2) is 9.19. The van der Waals surface area contributed by atoms with Crippen molar-refractivity contribution >= 4 is 21.6 Å². The SMILES string of the molecule is COc1ccc(C(=O)N/N=C(/C)c2ccc(S(=O)(=O)N3CCCCC3)cc2)cc1. The lowest BCUT2D eigenvalue weighted by atomic mass is 10.1. The summed E-state index contributed by atoms with van der Waals surface area (Å²) in [5.41, 5.74) is 4.29. The van der Waals surface area contributed by atoms with Crippen LogP contribution in [0.25, 0.3) is 0 Å². The predicted molar refractivity (Wildman–Crippen MR) is 112 cm³/mol. The van der Waals surface area contributed by atoms with E-state index < -0.39 is 10.0 Å². The van der Waals surface area contributed by atoms with Crippen LogP contribution in [-0.4, -0.2) is 44.5 Å². The highest BCUT2D eigenvalue weighted by Gasteiger charge is 2.25. The average molecular weight is 416 g/mol. The first-order valence-electron chi connectivity index (χ1n) is 9.51. The molecule has 154 valence electrons. The monoisotopic (exact) mass is 415 g/mol. The molecule has 1 N–H and O–H groups in total. The van der Waals surface area contributed by atoms with E-state index in [1.54, 1.807) is 66.9 Å². The van der Waals surface area contributed by atoms with Gasteiger partial charge in [-0.3, -0.25) is 4.79 Å². The normalized spacial score (nSPS) is 15.7. The number of carbonyl (C=O) groups excluding carboxylic acids is 1. The third kappa shape index (κ3) is 5.02. The van der Waals surface area contributed by atoms with Crippen molar-refractivity contribution in [2.24, 2.45) is 5.10 Å². The number of hydrazone groups is 1. The molecule has 0 bridgehead atoms. The minimum Gasteiger partial charge on any atom is -0.497 e. The van der Waals surface area contributed by atoms with Crippen LogP contribution in [0.4, 0.5) is 0 Å². The van der Waals surface area contributed by atoms with Crippen LogP contribution in [0.15, 0.2) is 58.5 Å². The molecule has 0 unspecified atom stereocenters. The fourth-order valence-electron chi connectivity index (χ4n) is 3.13. The molecule has 2 aromatic carbocycles. The molecule has 0 radical (unpaired) electrons. The van der Waals surface area contributed by atoms with Crippen LogP contribution in [0, 0.1) is 0 Å². The van der Waals surface area contributed by atoms with Crippen LogP contribution in [0.1, 0.15) is 42.1 Å². The maximum Gasteiger partial charge on any atom is 0.271 e. The van der Waals surface area contributed by atoms with E-state index in [4.69, 9.17) is 4.74 Å². The van der Waals surface area contributed by atoms with Gasteiger partial charge >= 0.3 is 0 Å². The molecule has 0 saturated carbocycles. The van der Waals surface area contributed by atoms with Crippen molar-refractivity contribution in [1.82, 2.24) is 9.73 Å². The van der Waals surface area contributed by atoms with Gasteiger partial charge in [0.25, 0.3) is 5.91 Å². The number of hydrogen-bond acceptors (Lipinski definition) is 5. The molecule has 1 aliphatic rings. The van der Waals surface area contributed by atoms with Crippen LogP contribution >= 0.6 is 0 Å². The van der Waals surface area contributed by atoms with E-state index >= 15 is 0 Å². The summed E-state index contributed by atoms with van der Waals surface area (Å²) in [6, 6.07) is 13.3. The van der Waals surface area contributed by atoms with E-state index in [1.165, 1.54) is 0 Å². The van der Waals surface area contributed by atoms with Crippen LogP contribution in [0.3, 0.4) is 0 Å². The maximum absolute atomic E-state index is 12.7. The summed E-state index contributed by atoms with van der Waals surface area (Å²) >= 11 is 0. The minimum absolute atomic E-state index is 0.276. The molecule has 0 aromatic heterocycles. The van der Waals surface area contributed by atoms with E-state index in [-0.39, 0.29) is 10.8 Å². The summed E-state index contributed by atoms with van der Waals surface area (Å²) in [6.07, 6.45) is 2.87. The Morgan fingerprint density at radius 1 is 0.966 bits per heavy atom. The second-order valence-corrected chi connectivity index (χ2v) is 8.79. The first kappa shape index (κ1) is 21.0. The number of methoxy groups -OCH3 is 1. The van der Waals surface area contributed by atoms with Crippen molar-refractivity contribution in [3.8, 4) is 5.75 Å². The molecule has 1 fully saturated rings. The molecule has 1 heterocycles. The number of nitrogens with one attached hydrogen (secondary N) is 1. The highest BCUT2D eigenvalue weighted by Crippen LogP contribution is 2.21. The summed E-state index contributed by atoms with van der Waals surface area (Å²) in [6.45, 7) is 2.90. The Hall–Kier alpha value is -2.71. The Balaban J connectivity index is 1.67. The summed E-state index contributed by atoms with van der Waals surface area (Å²) < 4.78 is 32.0. The van der Waals surface area contributed by atoms with Gasteiger partial charge in [0.1, 0.15) is 5.75 Å². The molecule has 3 rings (SSSR count). The molecular formula is C21H25N3O4S. The van der Waals surface area contributed by atoms with Crippen molar-refractivity contribution < 1.29 is 17.9 Å². The average Bonchev–Trinajstić information content (AvgIpc) is 2.78. The quantitative estimate of drug-likeness (QED) is 0.580. The van der Waals surface area contributed by atoms with Crippen LogP contribution in [0.5, 0.6) is 5.75 Å². The number of nitrogens with zero attached hydrogens (tertiary/aromatic N) is 2. The van der Waals surface area contributed by atoms with E-state index in [0.717, 1.165) is 24.8 Å². The van der Waals surface area contributed by atoms with Gasteiger partial charge < -0.3 is 4.74 Å². The van der Waals surface area contributed by atoms with Gasteiger partial charge in [-0.25, -0.2) is 13.8 Å². The van der Waals surface area contributed by atoms with Gasteiger partial charge in [0.15, 0.2) is 0 Å². The third-order valence-corrected chi connectivity index (χ3v) is 6.82. The molecule has 7 nitrogen and oxygen atoms in total. The molecule has 8 heteroatoms. The third-order valence-electron chi connectivity index (χ3n) is 4.90. The fourth-order valence-corrected chi connectivity index (χ4v) is 4.65. The van der Waals surface area contributed by atoms with Crippen molar-refractivity contribution in [2.75, 3.05) is 20.2 Å². The van der Waals surface area contributed by atoms with E-state index in [9.17, 15) is 13.2 Å². The summed E-state index contributed by atoms with van der Waals surface area (Å²) in [7, 11) is -1.90. The van der Waals surface area contributed by atoms with Gasteiger partial charge in [0.05, 0.1) is 17.7 Å². The van der Waals surface area contributed by atoms with Crippen molar-refractivity contribution in [2.45, 2.75) is 31.1 Å². The molecule has 0 spiro atoms. The standard InChI is InChI=1S/C21H25N3O4S/c1-16(22-23-21(25)18-6-10-19(28-2)11-7-18)17-8-12-20(13-9-17)29(26,27)24-14-4-3-5-15-24/h6-13H,3-5,14-15H2,1-2H3,(H,23,25)/b22-16-. The number of carbonyl (C=O) groups is 1. The number of rotatable bonds is 6. The maximum atomic E-state index is 12.7. The number of benzene rings is 2. The van der Waals surface area contributed by atoms with Gasteiger partial charge in [-0.1, -0.05) is 18.6 Å². The van der Waals surface area contributed by atoms with Gasteiger partial charge in [-0.2, -0.15) is 9.41 Å². The van der Waals surface area contributed by atoms with Crippen LogP contribution in [-0.2, 0) is 10.0 Å². The highest BCUT2D eigenvalue weighted by atomic mass is 32.2. The Morgan fingerprint density at radius 2 is 1.55 bits per heavy atom. The zero-order chi connectivity index (χ0) is 20.9. The number of hydrogen-bond donors (Lipinski definition) is 1. The molecule has 1 saturated heterocycles.